The number of ether oxygens (including phenoxy) is 1. The van der Waals surface area contributed by atoms with Crippen LogP contribution in [-0.4, -0.2) is 26.2 Å². The molecule has 0 aliphatic heterocycles. The van der Waals surface area contributed by atoms with Crippen molar-refractivity contribution >= 4 is 22.6 Å². The lowest BCUT2D eigenvalue weighted by Gasteiger charge is -2.14. The maximum atomic E-state index is 5.71. The van der Waals surface area contributed by atoms with E-state index in [0.29, 0.717) is 0 Å². The van der Waals surface area contributed by atoms with Gasteiger partial charge in [0.2, 0.25) is 0 Å². The van der Waals surface area contributed by atoms with E-state index in [1.54, 1.807) is 4.90 Å². The molecule has 0 saturated carbocycles. The lowest BCUT2D eigenvalue weighted by Crippen LogP contribution is -3.11. The zero-order valence-electron chi connectivity index (χ0n) is 11.5. The molecule has 0 aromatic heterocycles. The van der Waals surface area contributed by atoms with Crippen LogP contribution in [0.4, 0.5) is 0 Å². The van der Waals surface area contributed by atoms with Crippen molar-refractivity contribution in [1.29, 1.82) is 0 Å². The molecular formula is C15H25INO+. The fourth-order valence-electron chi connectivity index (χ4n) is 1.98. The van der Waals surface area contributed by atoms with Crippen LogP contribution in [-0.2, 0) is 0 Å². The Bertz CT molecular complexity index is 309. The highest BCUT2D eigenvalue weighted by molar-refractivity contribution is 14.1. The second-order valence-electron chi connectivity index (χ2n) is 4.57. The van der Waals surface area contributed by atoms with Crippen LogP contribution in [0.15, 0.2) is 24.3 Å². The number of unbranched alkanes of at least 4 members (excludes halogenated alkanes) is 2. The van der Waals surface area contributed by atoms with E-state index < -0.39 is 0 Å². The van der Waals surface area contributed by atoms with Crippen LogP contribution in [0.25, 0.3) is 0 Å². The minimum absolute atomic E-state index is 0.841. The van der Waals surface area contributed by atoms with E-state index in [1.165, 1.54) is 36.0 Å². The van der Waals surface area contributed by atoms with Crippen molar-refractivity contribution in [1.82, 2.24) is 0 Å². The topological polar surface area (TPSA) is 13.7 Å². The highest BCUT2D eigenvalue weighted by Gasteiger charge is 2.01. The molecule has 1 N–H and O–H groups in total. The van der Waals surface area contributed by atoms with Gasteiger partial charge >= 0.3 is 0 Å². The monoisotopic (exact) mass is 362 g/mol. The van der Waals surface area contributed by atoms with E-state index in [4.69, 9.17) is 4.74 Å². The first-order valence-electron chi connectivity index (χ1n) is 6.98. The number of rotatable bonds is 9. The third-order valence-electron chi connectivity index (χ3n) is 3.26. The molecular weight excluding hydrogens is 337 g/mol. The molecule has 0 amide bonds. The maximum Gasteiger partial charge on any atom is 0.119 e. The van der Waals surface area contributed by atoms with Gasteiger partial charge in [-0.3, -0.25) is 0 Å². The van der Waals surface area contributed by atoms with Crippen LogP contribution in [0.1, 0.15) is 33.1 Å². The van der Waals surface area contributed by atoms with Gasteiger partial charge in [0.15, 0.2) is 0 Å². The highest BCUT2D eigenvalue weighted by Crippen LogP contribution is 2.13. The molecule has 1 aromatic carbocycles. The maximum absolute atomic E-state index is 5.71. The third kappa shape index (κ3) is 6.59. The Labute approximate surface area is 125 Å². The fourth-order valence-corrected chi connectivity index (χ4v) is 2.34. The lowest BCUT2D eigenvalue weighted by molar-refractivity contribution is -0.896. The van der Waals surface area contributed by atoms with Crippen molar-refractivity contribution in [2.45, 2.75) is 33.1 Å². The van der Waals surface area contributed by atoms with Crippen molar-refractivity contribution in [2.24, 2.45) is 0 Å². The highest BCUT2D eigenvalue weighted by atomic mass is 127. The summed E-state index contributed by atoms with van der Waals surface area (Å²) in [5.41, 5.74) is 0. The summed E-state index contributed by atoms with van der Waals surface area (Å²) < 4.78 is 6.96. The summed E-state index contributed by atoms with van der Waals surface area (Å²) in [4.78, 5) is 1.70. The number of nitrogens with one attached hydrogen (secondary N) is 1. The summed E-state index contributed by atoms with van der Waals surface area (Å²) in [6.07, 6.45) is 3.74. The molecule has 0 saturated heterocycles. The zero-order valence-corrected chi connectivity index (χ0v) is 13.7. The van der Waals surface area contributed by atoms with Gasteiger partial charge < -0.3 is 9.64 Å². The van der Waals surface area contributed by atoms with Crippen LogP contribution >= 0.6 is 22.6 Å². The van der Waals surface area contributed by atoms with Crippen LogP contribution in [0, 0.1) is 3.57 Å². The predicted molar refractivity (Wildman–Crippen MR) is 85.4 cm³/mol. The van der Waals surface area contributed by atoms with E-state index in [0.717, 1.165) is 18.8 Å². The smallest absolute Gasteiger partial charge is 0.119 e. The quantitative estimate of drug-likeness (QED) is 0.527. The van der Waals surface area contributed by atoms with Crippen LogP contribution < -0.4 is 9.64 Å². The Kier molecular flexibility index (Phi) is 8.42. The summed E-state index contributed by atoms with van der Waals surface area (Å²) in [6.45, 7) is 9.16. The second-order valence-corrected chi connectivity index (χ2v) is 5.82. The van der Waals surface area contributed by atoms with Gasteiger partial charge in [-0.1, -0.05) is 0 Å². The zero-order chi connectivity index (χ0) is 13.2. The largest absolute Gasteiger partial charge is 0.494 e. The number of benzene rings is 1. The Morgan fingerprint density at radius 2 is 1.67 bits per heavy atom. The molecule has 0 bridgehead atoms. The average molecular weight is 362 g/mol. The van der Waals surface area contributed by atoms with Gasteiger partial charge in [-0.2, -0.15) is 0 Å². The van der Waals surface area contributed by atoms with E-state index in [2.05, 4.69) is 48.6 Å². The van der Waals surface area contributed by atoms with E-state index in [9.17, 15) is 0 Å². The number of quaternary nitrogens is 1. The molecule has 0 heterocycles. The summed E-state index contributed by atoms with van der Waals surface area (Å²) >= 11 is 2.31. The molecule has 0 spiro atoms. The molecule has 18 heavy (non-hydrogen) atoms. The van der Waals surface area contributed by atoms with Crippen molar-refractivity contribution in [3.8, 4) is 5.75 Å². The molecule has 0 radical (unpaired) electrons. The third-order valence-corrected chi connectivity index (χ3v) is 3.98. The van der Waals surface area contributed by atoms with Crippen LogP contribution in [0.2, 0.25) is 0 Å². The number of hydrogen-bond donors (Lipinski definition) is 1. The molecule has 0 unspecified atom stereocenters. The van der Waals surface area contributed by atoms with Gasteiger partial charge in [-0.05, 0) is 80.0 Å². The normalized spacial score (nSPS) is 10.9. The number of halogens is 1. The van der Waals surface area contributed by atoms with E-state index in [1.807, 2.05) is 12.1 Å². The predicted octanol–water partition coefficient (Wildman–Crippen LogP) is 2.77. The molecule has 0 aliphatic rings. The van der Waals surface area contributed by atoms with Crippen molar-refractivity contribution in [3.63, 3.8) is 0 Å². The molecule has 2 nitrogen and oxygen atoms in total. The van der Waals surface area contributed by atoms with Crippen LogP contribution in [0.3, 0.4) is 0 Å². The van der Waals surface area contributed by atoms with Crippen molar-refractivity contribution in [3.05, 3.63) is 27.8 Å². The Hall–Kier alpha value is -0.290. The van der Waals surface area contributed by atoms with Gasteiger partial charge in [0, 0.05) is 3.57 Å². The van der Waals surface area contributed by atoms with E-state index in [-0.39, 0.29) is 0 Å². The SMILES string of the molecule is CC[NH+](CC)CCCCCOc1ccc(I)cc1. The minimum atomic E-state index is 0.841. The molecule has 0 fully saturated rings. The first-order chi connectivity index (χ1) is 8.76. The summed E-state index contributed by atoms with van der Waals surface area (Å²) in [7, 11) is 0. The van der Waals surface area contributed by atoms with E-state index >= 15 is 0 Å². The van der Waals surface area contributed by atoms with Crippen molar-refractivity contribution in [2.75, 3.05) is 26.2 Å². The van der Waals surface area contributed by atoms with Gasteiger partial charge in [0.1, 0.15) is 5.75 Å². The standard InChI is InChI=1S/C15H24INO/c1-3-17(4-2)12-6-5-7-13-18-15-10-8-14(16)9-11-15/h8-11H,3-7,12-13H2,1-2H3/p+1. The first kappa shape index (κ1) is 15.8. The fraction of sp³-hybridized carbons (Fsp3) is 0.600. The molecule has 1 rings (SSSR count). The average Bonchev–Trinajstić information content (AvgIpc) is 2.40. The van der Waals surface area contributed by atoms with Gasteiger partial charge in [-0.25, -0.2) is 0 Å². The molecule has 0 aliphatic carbocycles. The minimum Gasteiger partial charge on any atom is -0.494 e. The van der Waals surface area contributed by atoms with Gasteiger partial charge in [-0.15, -0.1) is 0 Å². The Morgan fingerprint density at radius 1 is 1.00 bits per heavy atom. The first-order valence-corrected chi connectivity index (χ1v) is 8.06. The summed E-state index contributed by atoms with van der Waals surface area (Å²) in [5.74, 6) is 0.991. The Balaban J connectivity index is 2.03. The second kappa shape index (κ2) is 9.62. The van der Waals surface area contributed by atoms with Crippen molar-refractivity contribution < 1.29 is 9.64 Å². The number of hydrogen-bond acceptors (Lipinski definition) is 1. The van der Waals surface area contributed by atoms with Gasteiger partial charge in [0.05, 0.1) is 26.2 Å². The van der Waals surface area contributed by atoms with Gasteiger partial charge in [0.25, 0.3) is 0 Å². The summed E-state index contributed by atoms with van der Waals surface area (Å²) in [6, 6.07) is 8.25. The molecule has 1 aromatic rings. The Morgan fingerprint density at radius 3 is 2.28 bits per heavy atom. The lowest BCUT2D eigenvalue weighted by atomic mass is 10.2. The van der Waals surface area contributed by atoms with Crippen LogP contribution in [0.5, 0.6) is 5.75 Å². The molecule has 102 valence electrons. The molecule has 3 heteroatoms. The molecule has 0 atom stereocenters. The summed E-state index contributed by atoms with van der Waals surface area (Å²) in [5, 5.41) is 0.